The first-order valence-electron chi connectivity index (χ1n) is 3.69. The van der Waals surface area contributed by atoms with Crippen LogP contribution in [0, 0.1) is 6.92 Å². The van der Waals surface area contributed by atoms with Crippen molar-refractivity contribution >= 4 is 22.6 Å². The van der Waals surface area contributed by atoms with Gasteiger partial charge in [-0.05, 0) is 18.6 Å². The summed E-state index contributed by atoms with van der Waals surface area (Å²) < 4.78 is 0. The van der Waals surface area contributed by atoms with Crippen molar-refractivity contribution in [3.8, 4) is 0 Å². The van der Waals surface area contributed by atoms with E-state index < -0.39 is 0 Å². The number of nitrogens with zero attached hydrogens (tertiary/aromatic N) is 2. The van der Waals surface area contributed by atoms with E-state index in [1.807, 2.05) is 0 Å². The number of aryl methyl sites for hydroxylation is 1. The van der Waals surface area contributed by atoms with Gasteiger partial charge in [-0.2, -0.15) is 0 Å². The van der Waals surface area contributed by atoms with E-state index in [-0.39, 0.29) is 5.56 Å². The summed E-state index contributed by atoms with van der Waals surface area (Å²) in [5, 5.41) is 0.843. The predicted octanol–water partition coefficient (Wildman–Crippen LogP) is 1.28. The van der Waals surface area contributed by atoms with E-state index in [0.29, 0.717) is 16.2 Å². The minimum atomic E-state index is -0.188. The molecule has 2 aromatic rings. The first-order valence-corrected chi connectivity index (χ1v) is 4.07. The van der Waals surface area contributed by atoms with Crippen LogP contribution in [0.1, 0.15) is 5.56 Å². The highest BCUT2D eigenvalue weighted by molar-refractivity contribution is 6.29. The average Bonchev–Trinajstić information content (AvgIpc) is 2.02. The first-order chi connectivity index (χ1) is 6.18. The van der Waals surface area contributed by atoms with Crippen LogP contribution in [-0.2, 0) is 0 Å². The van der Waals surface area contributed by atoms with Gasteiger partial charge in [0.05, 0.1) is 11.7 Å². The van der Waals surface area contributed by atoms with Crippen molar-refractivity contribution < 1.29 is 0 Å². The molecule has 0 unspecified atom stereocenters. The summed E-state index contributed by atoms with van der Waals surface area (Å²) in [5.41, 5.74) is 0.977. The second-order valence-corrected chi connectivity index (χ2v) is 3.08. The van der Waals surface area contributed by atoms with Crippen LogP contribution in [0.15, 0.2) is 17.2 Å². The lowest BCUT2D eigenvalue weighted by atomic mass is 10.2. The zero-order valence-corrected chi connectivity index (χ0v) is 7.59. The Kier molecular flexibility index (Phi) is 1.77. The highest BCUT2D eigenvalue weighted by atomic mass is 35.5. The predicted molar refractivity (Wildman–Crippen MR) is 49.9 cm³/mol. The third-order valence-corrected chi connectivity index (χ3v) is 1.97. The molecular formula is C8H6ClN3O. The maximum absolute atomic E-state index is 11.3. The van der Waals surface area contributed by atoms with Gasteiger partial charge in [0.25, 0.3) is 5.56 Å². The average molecular weight is 196 g/mol. The molecule has 2 heterocycles. The Morgan fingerprint density at radius 1 is 1.54 bits per heavy atom. The molecule has 0 aliphatic rings. The number of hydrogen-bond donors (Lipinski definition) is 1. The van der Waals surface area contributed by atoms with Crippen molar-refractivity contribution in [1.82, 2.24) is 15.0 Å². The van der Waals surface area contributed by atoms with Crippen LogP contribution in [0.3, 0.4) is 0 Å². The molecule has 4 nitrogen and oxygen atoms in total. The summed E-state index contributed by atoms with van der Waals surface area (Å²) in [6.07, 6.45) is 1.31. The van der Waals surface area contributed by atoms with Crippen molar-refractivity contribution in [2.75, 3.05) is 0 Å². The molecule has 0 spiro atoms. The van der Waals surface area contributed by atoms with Crippen LogP contribution in [0.25, 0.3) is 11.0 Å². The molecule has 2 rings (SSSR count). The number of halogens is 1. The second kappa shape index (κ2) is 2.81. The highest BCUT2D eigenvalue weighted by Gasteiger charge is 2.05. The Hall–Kier alpha value is -1.42. The first kappa shape index (κ1) is 8.19. The molecule has 1 N–H and O–H groups in total. The summed E-state index contributed by atoms with van der Waals surface area (Å²) in [6, 6.07) is 1.64. The molecule has 66 valence electrons. The maximum atomic E-state index is 11.3. The molecule has 2 aromatic heterocycles. The van der Waals surface area contributed by atoms with Gasteiger partial charge in [0.2, 0.25) is 0 Å². The molecule has 5 heteroatoms. The fourth-order valence-electron chi connectivity index (χ4n) is 1.21. The Morgan fingerprint density at radius 2 is 2.31 bits per heavy atom. The molecule has 0 saturated heterocycles. The minimum Gasteiger partial charge on any atom is -0.312 e. The number of H-pyrrole nitrogens is 1. The monoisotopic (exact) mass is 195 g/mol. The third kappa shape index (κ3) is 1.29. The topological polar surface area (TPSA) is 58.6 Å². The summed E-state index contributed by atoms with van der Waals surface area (Å²) >= 11 is 5.71. The second-order valence-electron chi connectivity index (χ2n) is 2.69. The molecule has 0 aromatic carbocycles. The molecule has 13 heavy (non-hydrogen) atoms. The molecule has 0 bridgehead atoms. The standard InChI is InChI=1S/C8H6ClN3O/c1-4-2-5(9)12-7-6(4)8(13)11-3-10-7/h2-3H,1H3,(H,10,11,12,13). The number of pyridine rings is 1. The normalized spacial score (nSPS) is 10.6. The molecule has 0 aliphatic heterocycles. The summed E-state index contributed by atoms with van der Waals surface area (Å²) in [6.45, 7) is 1.80. The van der Waals surface area contributed by atoms with Gasteiger partial charge in [-0.1, -0.05) is 11.6 Å². The van der Waals surface area contributed by atoms with Gasteiger partial charge in [0.15, 0.2) is 5.65 Å². The molecule has 0 saturated carbocycles. The zero-order chi connectivity index (χ0) is 9.42. The van der Waals surface area contributed by atoms with E-state index in [1.54, 1.807) is 13.0 Å². The van der Waals surface area contributed by atoms with Gasteiger partial charge >= 0.3 is 0 Å². The van der Waals surface area contributed by atoms with Crippen molar-refractivity contribution in [3.05, 3.63) is 33.5 Å². The SMILES string of the molecule is Cc1cc(Cl)nc2nc[nH]c(=O)c12. The van der Waals surface area contributed by atoms with Gasteiger partial charge in [-0.25, -0.2) is 9.97 Å². The van der Waals surface area contributed by atoms with Crippen LogP contribution < -0.4 is 5.56 Å². The number of nitrogens with one attached hydrogen (secondary N) is 1. The number of aromatic nitrogens is 3. The van der Waals surface area contributed by atoms with Crippen molar-refractivity contribution in [2.45, 2.75) is 6.92 Å². The van der Waals surface area contributed by atoms with E-state index in [1.165, 1.54) is 6.33 Å². The van der Waals surface area contributed by atoms with Crippen LogP contribution in [0.2, 0.25) is 5.15 Å². The van der Waals surface area contributed by atoms with Gasteiger partial charge in [0, 0.05) is 0 Å². The fraction of sp³-hybridized carbons (Fsp3) is 0.125. The van der Waals surface area contributed by atoms with Crippen molar-refractivity contribution in [3.63, 3.8) is 0 Å². The number of aromatic amines is 1. The van der Waals surface area contributed by atoms with Crippen molar-refractivity contribution in [2.24, 2.45) is 0 Å². The quantitative estimate of drug-likeness (QED) is 0.645. The highest BCUT2D eigenvalue weighted by Crippen LogP contribution is 2.14. The molecular weight excluding hydrogens is 190 g/mol. The fourth-order valence-corrected chi connectivity index (χ4v) is 1.46. The van der Waals surface area contributed by atoms with Crippen molar-refractivity contribution in [1.29, 1.82) is 0 Å². The maximum Gasteiger partial charge on any atom is 0.260 e. The summed E-state index contributed by atoms with van der Waals surface area (Å²) in [4.78, 5) is 21.7. The number of rotatable bonds is 0. The van der Waals surface area contributed by atoms with Crippen LogP contribution in [0.4, 0.5) is 0 Å². The third-order valence-electron chi connectivity index (χ3n) is 1.78. The molecule has 0 fully saturated rings. The van der Waals surface area contributed by atoms with E-state index in [0.717, 1.165) is 5.56 Å². The number of hydrogen-bond acceptors (Lipinski definition) is 3. The van der Waals surface area contributed by atoms with Gasteiger partial charge in [0.1, 0.15) is 5.15 Å². The smallest absolute Gasteiger partial charge is 0.260 e. The Labute approximate surface area is 78.6 Å². The lowest BCUT2D eigenvalue weighted by molar-refractivity contribution is 1.13. The van der Waals surface area contributed by atoms with E-state index in [4.69, 9.17) is 11.6 Å². The van der Waals surface area contributed by atoms with Gasteiger partial charge in [-0.3, -0.25) is 4.79 Å². The Morgan fingerprint density at radius 3 is 3.08 bits per heavy atom. The molecule has 0 atom stereocenters. The lowest BCUT2D eigenvalue weighted by Crippen LogP contribution is -2.08. The molecule has 0 amide bonds. The summed E-state index contributed by atoms with van der Waals surface area (Å²) in [7, 11) is 0. The van der Waals surface area contributed by atoms with E-state index >= 15 is 0 Å². The van der Waals surface area contributed by atoms with E-state index in [2.05, 4.69) is 15.0 Å². The zero-order valence-electron chi connectivity index (χ0n) is 6.84. The Bertz CT molecular complexity index is 520. The van der Waals surface area contributed by atoms with Crippen LogP contribution >= 0.6 is 11.6 Å². The number of fused-ring (bicyclic) bond motifs is 1. The largest absolute Gasteiger partial charge is 0.312 e. The molecule has 0 radical (unpaired) electrons. The van der Waals surface area contributed by atoms with Crippen LogP contribution in [0.5, 0.6) is 0 Å². The van der Waals surface area contributed by atoms with Crippen LogP contribution in [-0.4, -0.2) is 15.0 Å². The minimum absolute atomic E-state index is 0.188. The Balaban J connectivity index is 3.03. The summed E-state index contributed by atoms with van der Waals surface area (Å²) in [5.74, 6) is 0. The molecule has 0 aliphatic carbocycles. The van der Waals surface area contributed by atoms with Gasteiger partial charge in [-0.15, -0.1) is 0 Å². The van der Waals surface area contributed by atoms with Gasteiger partial charge < -0.3 is 4.98 Å². The van der Waals surface area contributed by atoms with E-state index in [9.17, 15) is 4.79 Å². The lowest BCUT2D eigenvalue weighted by Gasteiger charge is -1.98.